The molecule has 0 rings (SSSR count). The van der Waals surface area contributed by atoms with Crippen LogP contribution >= 0.6 is 0 Å². The van der Waals surface area contributed by atoms with Crippen molar-refractivity contribution in [3.05, 3.63) is 0 Å². The smallest absolute Gasteiger partial charge is 0.466 e. The van der Waals surface area contributed by atoms with Gasteiger partial charge in [0, 0.05) is 33.8 Å². The molecule has 0 saturated heterocycles. The summed E-state index contributed by atoms with van der Waals surface area (Å²) in [6, 6.07) is 0.623. The fourth-order valence-electron chi connectivity index (χ4n) is 1.29. The molecule has 0 aromatic heterocycles. The van der Waals surface area contributed by atoms with Crippen LogP contribution in [0.1, 0.15) is 26.2 Å². The summed E-state index contributed by atoms with van der Waals surface area (Å²) in [6.45, 7) is 2.45. The Morgan fingerprint density at radius 2 is 1.69 bits per heavy atom. The molecule has 5 nitrogen and oxygen atoms in total. The average Bonchev–Trinajstić information content (AvgIpc) is 2.33. The molecule has 0 aromatic carbocycles. The van der Waals surface area contributed by atoms with Gasteiger partial charge >= 0.3 is 14.8 Å². The highest BCUT2D eigenvalue weighted by Crippen LogP contribution is 2.16. The third-order valence-electron chi connectivity index (χ3n) is 2.26. The van der Waals surface area contributed by atoms with E-state index in [9.17, 15) is 4.79 Å². The van der Waals surface area contributed by atoms with Crippen molar-refractivity contribution in [2.24, 2.45) is 0 Å². The molecular formula is C10H22O5Si. The number of carbonyl (C=O) groups is 1. The molecule has 0 fully saturated rings. The van der Waals surface area contributed by atoms with Gasteiger partial charge in [0.15, 0.2) is 0 Å². The summed E-state index contributed by atoms with van der Waals surface area (Å²) in [4.78, 5) is 11.2. The normalized spacial score (nSPS) is 11.5. The molecule has 0 radical (unpaired) electrons. The first-order valence-electron chi connectivity index (χ1n) is 5.45. The summed E-state index contributed by atoms with van der Waals surface area (Å²) in [6.07, 6.45) is 1.88. The fourth-order valence-corrected chi connectivity index (χ4v) is 3.02. The van der Waals surface area contributed by atoms with Crippen LogP contribution in [0, 0.1) is 0 Å². The van der Waals surface area contributed by atoms with Crippen molar-refractivity contribution in [1.82, 2.24) is 0 Å². The Kier molecular flexibility index (Phi) is 8.45. The summed E-state index contributed by atoms with van der Waals surface area (Å²) in [5.41, 5.74) is 0. The van der Waals surface area contributed by atoms with E-state index in [1.807, 2.05) is 6.92 Å². The summed E-state index contributed by atoms with van der Waals surface area (Å²) in [7, 11) is 2.17. The quantitative estimate of drug-likeness (QED) is 0.459. The molecular weight excluding hydrogens is 228 g/mol. The molecule has 0 spiro atoms. The van der Waals surface area contributed by atoms with Crippen molar-refractivity contribution >= 4 is 14.8 Å². The number of rotatable bonds is 9. The lowest BCUT2D eigenvalue weighted by atomic mass is 10.3. The van der Waals surface area contributed by atoms with E-state index in [2.05, 4.69) is 0 Å². The third kappa shape index (κ3) is 5.60. The van der Waals surface area contributed by atoms with E-state index in [4.69, 9.17) is 18.0 Å². The first-order chi connectivity index (χ1) is 7.64. The number of carbonyl (C=O) groups excluding carboxylic acids is 1. The highest BCUT2D eigenvalue weighted by atomic mass is 28.4. The first-order valence-corrected chi connectivity index (χ1v) is 7.38. The van der Waals surface area contributed by atoms with Gasteiger partial charge in [-0.1, -0.05) is 6.92 Å². The van der Waals surface area contributed by atoms with Crippen LogP contribution in [0.4, 0.5) is 0 Å². The van der Waals surface area contributed by atoms with Gasteiger partial charge in [0.25, 0.3) is 0 Å². The third-order valence-corrected chi connectivity index (χ3v) is 5.10. The highest BCUT2D eigenvalue weighted by Gasteiger charge is 2.37. The molecule has 0 heterocycles. The Labute approximate surface area is 98.4 Å². The van der Waals surface area contributed by atoms with Gasteiger partial charge in [-0.05, 0) is 12.8 Å². The summed E-state index contributed by atoms with van der Waals surface area (Å²) in [5.74, 6) is -0.173. The van der Waals surface area contributed by atoms with Crippen molar-refractivity contribution in [2.75, 3.05) is 27.9 Å². The monoisotopic (exact) mass is 250 g/mol. The van der Waals surface area contributed by atoms with Gasteiger partial charge in [-0.2, -0.15) is 0 Å². The number of hydrogen-bond acceptors (Lipinski definition) is 5. The van der Waals surface area contributed by atoms with Crippen LogP contribution < -0.4 is 0 Å². The second kappa shape index (κ2) is 8.69. The van der Waals surface area contributed by atoms with E-state index >= 15 is 0 Å². The number of hydrogen-bond donors (Lipinski definition) is 0. The van der Waals surface area contributed by atoms with Crippen molar-refractivity contribution in [3.63, 3.8) is 0 Å². The zero-order valence-electron chi connectivity index (χ0n) is 10.6. The Morgan fingerprint density at radius 3 is 2.12 bits per heavy atom. The number of ether oxygens (including phenoxy) is 1. The van der Waals surface area contributed by atoms with Gasteiger partial charge in [0.2, 0.25) is 0 Å². The van der Waals surface area contributed by atoms with E-state index in [-0.39, 0.29) is 5.97 Å². The first kappa shape index (κ1) is 15.6. The molecule has 0 aliphatic carbocycles. The van der Waals surface area contributed by atoms with Crippen molar-refractivity contribution in [1.29, 1.82) is 0 Å². The zero-order valence-corrected chi connectivity index (χ0v) is 11.6. The lowest BCUT2D eigenvalue weighted by molar-refractivity contribution is -0.143. The molecule has 0 aliphatic heterocycles. The number of esters is 1. The predicted octanol–water partition coefficient (Wildman–Crippen LogP) is 1.60. The lowest BCUT2D eigenvalue weighted by Crippen LogP contribution is -2.42. The summed E-state index contributed by atoms with van der Waals surface area (Å²) < 4.78 is 20.7. The molecule has 0 aromatic rings. The Bertz CT molecular complexity index is 185. The van der Waals surface area contributed by atoms with Crippen LogP contribution in [0.5, 0.6) is 0 Å². The van der Waals surface area contributed by atoms with Gasteiger partial charge in [0.1, 0.15) is 0 Å². The largest absolute Gasteiger partial charge is 0.500 e. The molecule has 0 unspecified atom stereocenters. The van der Waals surface area contributed by atoms with E-state index in [0.29, 0.717) is 25.5 Å². The summed E-state index contributed by atoms with van der Waals surface area (Å²) >= 11 is 0. The average molecular weight is 250 g/mol. The van der Waals surface area contributed by atoms with Crippen LogP contribution in [-0.4, -0.2) is 42.7 Å². The van der Waals surface area contributed by atoms with Crippen LogP contribution in [0.3, 0.4) is 0 Å². The van der Waals surface area contributed by atoms with Gasteiger partial charge in [-0.15, -0.1) is 0 Å². The maximum atomic E-state index is 11.2. The minimum Gasteiger partial charge on any atom is -0.466 e. The predicted molar refractivity (Wildman–Crippen MR) is 62.1 cm³/mol. The maximum Gasteiger partial charge on any atom is 0.500 e. The molecule has 0 bridgehead atoms. The molecule has 6 heteroatoms. The molecule has 0 atom stereocenters. The highest BCUT2D eigenvalue weighted by molar-refractivity contribution is 6.60. The van der Waals surface area contributed by atoms with Crippen molar-refractivity contribution in [2.45, 2.75) is 32.2 Å². The summed E-state index contributed by atoms with van der Waals surface area (Å²) in [5, 5.41) is 0. The van der Waals surface area contributed by atoms with Crippen LogP contribution in [-0.2, 0) is 22.8 Å². The second-order valence-electron chi connectivity index (χ2n) is 3.37. The SMILES string of the molecule is CCCOC(=O)CCC[Si](OC)(OC)OC. The molecule has 0 saturated carbocycles. The van der Waals surface area contributed by atoms with Gasteiger partial charge in [-0.25, -0.2) is 0 Å². The maximum absolute atomic E-state index is 11.2. The second-order valence-corrected chi connectivity index (χ2v) is 6.46. The fraction of sp³-hybridized carbons (Fsp3) is 0.900. The van der Waals surface area contributed by atoms with Crippen LogP contribution in [0.2, 0.25) is 6.04 Å². The van der Waals surface area contributed by atoms with E-state index in [0.717, 1.165) is 6.42 Å². The molecule has 0 N–H and O–H groups in total. The molecule has 0 amide bonds. The van der Waals surface area contributed by atoms with Gasteiger partial charge < -0.3 is 18.0 Å². The van der Waals surface area contributed by atoms with E-state index in [1.165, 1.54) is 0 Å². The topological polar surface area (TPSA) is 54.0 Å². The van der Waals surface area contributed by atoms with Crippen molar-refractivity contribution < 1.29 is 22.8 Å². The van der Waals surface area contributed by atoms with Crippen LogP contribution in [0.25, 0.3) is 0 Å². The van der Waals surface area contributed by atoms with E-state index in [1.54, 1.807) is 21.3 Å². The Hall–Kier alpha value is -0.433. The van der Waals surface area contributed by atoms with Gasteiger partial charge in [0.05, 0.1) is 6.61 Å². The molecule has 96 valence electrons. The standard InChI is InChI=1S/C10H22O5Si/c1-5-8-15-10(11)7-6-9-16(12-2,13-3)14-4/h5-9H2,1-4H3. The molecule has 16 heavy (non-hydrogen) atoms. The minimum atomic E-state index is -2.52. The molecule has 0 aliphatic rings. The van der Waals surface area contributed by atoms with Gasteiger partial charge in [-0.3, -0.25) is 4.79 Å². The van der Waals surface area contributed by atoms with Crippen LogP contribution in [0.15, 0.2) is 0 Å². The Morgan fingerprint density at radius 1 is 1.12 bits per heavy atom. The Balaban J connectivity index is 3.81. The van der Waals surface area contributed by atoms with Crippen molar-refractivity contribution in [3.8, 4) is 0 Å². The lowest BCUT2D eigenvalue weighted by Gasteiger charge is -2.23. The zero-order chi connectivity index (χ0) is 12.4. The minimum absolute atomic E-state index is 0.173. The van der Waals surface area contributed by atoms with E-state index < -0.39 is 8.80 Å².